The summed E-state index contributed by atoms with van der Waals surface area (Å²) in [4.78, 5) is 33.4. The summed E-state index contributed by atoms with van der Waals surface area (Å²) in [7, 11) is 0. The molecule has 0 radical (unpaired) electrons. The number of carbonyl (C=O) groups excluding carboxylic acids is 1. The Kier molecular flexibility index (Phi) is 5.05. The zero-order valence-corrected chi connectivity index (χ0v) is 16.0. The quantitative estimate of drug-likeness (QED) is 0.753. The van der Waals surface area contributed by atoms with Gasteiger partial charge < -0.3 is 5.32 Å². The molecule has 0 aliphatic carbocycles. The molecule has 4 rings (SSSR count). The SMILES string of the molecule is Cc1cccc2ncc(C(=O)NC3CCN(Cc4cccs4)CC3)c(=O)n12. The highest BCUT2D eigenvalue weighted by Gasteiger charge is 2.23. The third-order valence-corrected chi connectivity index (χ3v) is 5.91. The van der Waals surface area contributed by atoms with Crippen LogP contribution in [-0.4, -0.2) is 39.3 Å². The highest BCUT2D eigenvalue weighted by molar-refractivity contribution is 7.09. The van der Waals surface area contributed by atoms with Crippen molar-refractivity contribution in [2.24, 2.45) is 0 Å². The number of hydrogen-bond acceptors (Lipinski definition) is 5. The number of nitrogens with zero attached hydrogens (tertiary/aromatic N) is 3. The van der Waals surface area contributed by atoms with Crippen LogP contribution in [0.2, 0.25) is 0 Å². The molecule has 1 fully saturated rings. The third-order valence-electron chi connectivity index (χ3n) is 5.05. The second kappa shape index (κ2) is 7.62. The molecule has 1 amide bonds. The molecule has 0 bridgehead atoms. The molecule has 1 saturated heterocycles. The van der Waals surface area contributed by atoms with Crippen molar-refractivity contribution in [3.05, 3.63) is 68.4 Å². The lowest BCUT2D eigenvalue weighted by Gasteiger charge is -2.32. The predicted molar refractivity (Wildman–Crippen MR) is 106 cm³/mol. The van der Waals surface area contributed by atoms with E-state index in [2.05, 4.69) is 32.7 Å². The molecule has 1 aliphatic rings. The van der Waals surface area contributed by atoms with Crippen LogP contribution in [0.25, 0.3) is 5.65 Å². The molecule has 3 aromatic heterocycles. The number of aromatic nitrogens is 2. The maximum atomic E-state index is 12.7. The lowest BCUT2D eigenvalue weighted by Crippen LogP contribution is -2.45. The number of pyridine rings is 1. The molecule has 0 spiro atoms. The van der Waals surface area contributed by atoms with Gasteiger partial charge in [0.25, 0.3) is 11.5 Å². The van der Waals surface area contributed by atoms with Gasteiger partial charge in [0.05, 0.1) is 0 Å². The van der Waals surface area contributed by atoms with Crippen molar-refractivity contribution in [1.82, 2.24) is 19.6 Å². The number of likely N-dealkylation sites (tertiary alicyclic amines) is 1. The summed E-state index contributed by atoms with van der Waals surface area (Å²) >= 11 is 1.77. The number of carbonyl (C=O) groups is 1. The van der Waals surface area contributed by atoms with Crippen molar-refractivity contribution >= 4 is 22.9 Å². The van der Waals surface area contributed by atoms with Crippen LogP contribution in [0.3, 0.4) is 0 Å². The van der Waals surface area contributed by atoms with E-state index in [1.54, 1.807) is 17.4 Å². The molecule has 0 atom stereocenters. The van der Waals surface area contributed by atoms with Crippen LogP contribution in [0, 0.1) is 6.92 Å². The normalized spacial score (nSPS) is 15.9. The Bertz CT molecular complexity index is 1000. The number of amides is 1. The van der Waals surface area contributed by atoms with E-state index in [-0.39, 0.29) is 23.1 Å². The molecule has 4 heterocycles. The number of nitrogens with one attached hydrogen (secondary N) is 1. The molecule has 27 heavy (non-hydrogen) atoms. The first kappa shape index (κ1) is 17.9. The first-order valence-corrected chi connectivity index (χ1v) is 10.0. The minimum absolute atomic E-state index is 0.0917. The number of aryl methyl sites for hydroxylation is 1. The van der Waals surface area contributed by atoms with E-state index >= 15 is 0 Å². The van der Waals surface area contributed by atoms with E-state index in [0.29, 0.717) is 5.65 Å². The van der Waals surface area contributed by atoms with E-state index in [9.17, 15) is 9.59 Å². The molecule has 7 heteroatoms. The summed E-state index contributed by atoms with van der Waals surface area (Å²) in [6, 6.07) is 9.77. The first-order chi connectivity index (χ1) is 13.1. The smallest absolute Gasteiger partial charge is 0.270 e. The van der Waals surface area contributed by atoms with Crippen LogP contribution in [0.15, 0.2) is 46.7 Å². The van der Waals surface area contributed by atoms with Crippen molar-refractivity contribution in [1.29, 1.82) is 0 Å². The molecular formula is C20H22N4O2S. The summed E-state index contributed by atoms with van der Waals surface area (Å²) in [6.45, 7) is 4.68. The summed E-state index contributed by atoms with van der Waals surface area (Å²) < 4.78 is 1.48. The Hall–Kier alpha value is -2.51. The number of hydrogen-bond donors (Lipinski definition) is 1. The van der Waals surface area contributed by atoms with Crippen LogP contribution >= 0.6 is 11.3 Å². The number of thiophene rings is 1. The van der Waals surface area contributed by atoms with Gasteiger partial charge in [-0.1, -0.05) is 12.1 Å². The summed E-state index contributed by atoms with van der Waals surface area (Å²) in [6.07, 6.45) is 3.16. The molecule has 0 aromatic carbocycles. The fraction of sp³-hybridized carbons (Fsp3) is 0.350. The minimum Gasteiger partial charge on any atom is -0.349 e. The van der Waals surface area contributed by atoms with Gasteiger partial charge in [-0.3, -0.25) is 18.9 Å². The molecule has 3 aromatic rings. The van der Waals surface area contributed by atoms with Gasteiger partial charge in [-0.2, -0.15) is 0 Å². The maximum absolute atomic E-state index is 12.7. The average molecular weight is 382 g/mol. The Morgan fingerprint density at radius 2 is 2.07 bits per heavy atom. The molecule has 1 N–H and O–H groups in total. The Morgan fingerprint density at radius 1 is 1.26 bits per heavy atom. The van der Waals surface area contributed by atoms with Gasteiger partial charge in [0.15, 0.2) is 0 Å². The van der Waals surface area contributed by atoms with Crippen LogP contribution < -0.4 is 10.9 Å². The van der Waals surface area contributed by atoms with Gasteiger partial charge in [0.2, 0.25) is 0 Å². The standard InChI is InChI=1S/C20H22N4O2S/c1-14-4-2-6-18-21-12-17(20(26)24(14)18)19(25)22-15-7-9-23(10-8-15)13-16-5-3-11-27-16/h2-6,11-12,15H,7-10,13H2,1H3,(H,22,25). The lowest BCUT2D eigenvalue weighted by molar-refractivity contribution is 0.0907. The predicted octanol–water partition coefficient (Wildman–Crippen LogP) is 2.46. The molecule has 0 unspecified atom stereocenters. The Labute approximate surface area is 161 Å². The van der Waals surface area contributed by atoms with E-state index < -0.39 is 0 Å². The minimum atomic E-state index is -0.332. The van der Waals surface area contributed by atoms with Gasteiger partial charge >= 0.3 is 0 Å². The van der Waals surface area contributed by atoms with Gasteiger partial charge in [-0.15, -0.1) is 11.3 Å². The number of rotatable bonds is 4. The fourth-order valence-corrected chi connectivity index (χ4v) is 4.30. The zero-order valence-electron chi connectivity index (χ0n) is 15.2. The van der Waals surface area contributed by atoms with Gasteiger partial charge in [-0.25, -0.2) is 4.98 Å². The second-order valence-electron chi connectivity index (χ2n) is 6.94. The van der Waals surface area contributed by atoms with Crippen LogP contribution in [0.4, 0.5) is 0 Å². The average Bonchev–Trinajstić information content (AvgIpc) is 3.16. The molecular weight excluding hydrogens is 360 g/mol. The van der Waals surface area contributed by atoms with Crippen molar-refractivity contribution < 1.29 is 4.79 Å². The van der Waals surface area contributed by atoms with Crippen molar-refractivity contribution in [2.45, 2.75) is 32.4 Å². The monoisotopic (exact) mass is 382 g/mol. The van der Waals surface area contributed by atoms with Crippen LogP contribution in [0.1, 0.15) is 33.8 Å². The van der Waals surface area contributed by atoms with Crippen LogP contribution in [0.5, 0.6) is 0 Å². The second-order valence-corrected chi connectivity index (χ2v) is 7.97. The highest BCUT2D eigenvalue weighted by Crippen LogP contribution is 2.17. The molecule has 1 aliphatic heterocycles. The van der Waals surface area contributed by atoms with Crippen molar-refractivity contribution in [2.75, 3.05) is 13.1 Å². The Morgan fingerprint density at radius 3 is 2.81 bits per heavy atom. The Balaban J connectivity index is 1.41. The first-order valence-electron chi connectivity index (χ1n) is 9.15. The molecule has 0 saturated carbocycles. The molecule has 6 nitrogen and oxygen atoms in total. The van der Waals surface area contributed by atoms with E-state index in [1.807, 2.05) is 19.1 Å². The van der Waals surface area contributed by atoms with E-state index in [0.717, 1.165) is 38.2 Å². The van der Waals surface area contributed by atoms with Gasteiger partial charge in [-0.05, 0) is 43.3 Å². The van der Waals surface area contributed by atoms with Gasteiger partial charge in [0.1, 0.15) is 11.2 Å². The lowest BCUT2D eigenvalue weighted by atomic mass is 10.0. The summed E-state index contributed by atoms with van der Waals surface area (Å²) in [5, 5.41) is 5.12. The summed E-state index contributed by atoms with van der Waals surface area (Å²) in [5.41, 5.74) is 1.11. The fourth-order valence-electron chi connectivity index (χ4n) is 3.55. The van der Waals surface area contributed by atoms with Crippen molar-refractivity contribution in [3.63, 3.8) is 0 Å². The third kappa shape index (κ3) is 3.79. The summed E-state index contributed by atoms with van der Waals surface area (Å²) in [5.74, 6) is -0.332. The number of fused-ring (bicyclic) bond motifs is 1. The zero-order chi connectivity index (χ0) is 18.8. The topological polar surface area (TPSA) is 66.7 Å². The maximum Gasteiger partial charge on any atom is 0.270 e. The number of piperidine rings is 1. The van der Waals surface area contributed by atoms with Gasteiger partial charge in [0, 0.05) is 42.4 Å². The highest BCUT2D eigenvalue weighted by atomic mass is 32.1. The molecule has 140 valence electrons. The largest absolute Gasteiger partial charge is 0.349 e. The van der Waals surface area contributed by atoms with E-state index in [1.165, 1.54) is 15.5 Å². The van der Waals surface area contributed by atoms with Crippen LogP contribution in [-0.2, 0) is 6.54 Å². The van der Waals surface area contributed by atoms with Crippen molar-refractivity contribution in [3.8, 4) is 0 Å². The van der Waals surface area contributed by atoms with E-state index in [4.69, 9.17) is 0 Å².